The smallest absolute Gasteiger partial charge is 0.276 e. The van der Waals surface area contributed by atoms with Gasteiger partial charge in [-0.15, -0.1) is 11.6 Å². The van der Waals surface area contributed by atoms with Crippen LogP contribution in [0.5, 0.6) is 0 Å². The van der Waals surface area contributed by atoms with Crippen molar-refractivity contribution in [3.8, 4) is 0 Å². The Kier molecular flexibility index (Phi) is 2.95. The summed E-state index contributed by atoms with van der Waals surface area (Å²) in [5.41, 5.74) is 0.379. The molecule has 5 heteroatoms. The number of hydrogen-bond acceptors (Lipinski definition) is 3. The minimum atomic E-state index is -0.0741. The monoisotopic (exact) mass is 228 g/mol. The molecule has 4 nitrogen and oxygen atoms in total. The molecule has 0 spiro atoms. The highest BCUT2D eigenvalue weighted by atomic mass is 35.5. The van der Waals surface area contributed by atoms with Crippen LogP contribution in [-0.4, -0.2) is 34.4 Å². The Hall–Kier alpha value is -1.03. The number of alkyl halides is 1. The van der Waals surface area contributed by atoms with Gasteiger partial charge in [0.05, 0.1) is 0 Å². The van der Waals surface area contributed by atoms with E-state index in [0.717, 1.165) is 12.8 Å². The largest absolute Gasteiger partial charge is 0.361 e. The van der Waals surface area contributed by atoms with E-state index in [4.69, 9.17) is 16.1 Å². The molecule has 0 radical (unpaired) electrons. The van der Waals surface area contributed by atoms with Gasteiger partial charge in [0, 0.05) is 24.5 Å². The lowest BCUT2D eigenvalue weighted by molar-refractivity contribution is 0.0743. The van der Waals surface area contributed by atoms with Crippen molar-refractivity contribution in [1.82, 2.24) is 10.1 Å². The lowest BCUT2D eigenvalue weighted by atomic mass is 10.3. The van der Waals surface area contributed by atoms with Crippen LogP contribution >= 0.6 is 11.6 Å². The molecular weight excluding hydrogens is 216 g/mol. The van der Waals surface area contributed by atoms with Crippen LogP contribution in [0.2, 0.25) is 0 Å². The van der Waals surface area contributed by atoms with Crippen molar-refractivity contribution < 1.29 is 9.32 Å². The summed E-state index contributed by atoms with van der Waals surface area (Å²) in [5, 5.41) is 3.72. The third-order valence-electron chi connectivity index (χ3n) is 2.42. The Labute approximate surface area is 93.2 Å². The zero-order chi connectivity index (χ0) is 10.8. The molecule has 0 unspecified atom stereocenters. The average Bonchev–Trinajstić information content (AvgIpc) is 2.96. The molecule has 15 heavy (non-hydrogen) atoms. The van der Waals surface area contributed by atoms with Gasteiger partial charge in [0.15, 0.2) is 5.69 Å². The van der Waals surface area contributed by atoms with Crippen molar-refractivity contribution in [3.63, 3.8) is 0 Å². The maximum atomic E-state index is 12.0. The summed E-state index contributed by atoms with van der Waals surface area (Å²) in [6.07, 6.45) is 2.14. The molecule has 1 heterocycles. The highest BCUT2D eigenvalue weighted by Gasteiger charge is 2.33. The molecule has 0 saturated heterocycles. The van der Waals surface area contributed by atoms with Gasteiger partial charge in [-0.1, -0.05) is 5.16 Å². The Morgan fingerprint density at radius 3 is 2.93 bits per heavy atom. The molecule has 0 bridgehead atoms. The van der Waals surface area contributed by atoms with Gasteiger partial charge in [-0.25, -0.2) is 0 Å². The number of aryl methyl sites for hydroxylation is 1. The summed E-state index contributed by atoms with van der Waals surface area (Å²) in [6, 6.07) is 2.01. The second-order valence-corrected chi connectivity index (χ2v) is 4.12. The zero-order valence-corrected chi connectivity index (χ0v) is 9.33. The first-order chi connectivity index (χ1) is 7.22. The second kappa shape index (κ2) is 4.23. The predicted octanol–water partition coefficient (Wildman–Crippen LogP) is 1.83. The molecule has 1 aromatic heterocycles. The van der Waals surface area contributed by atoms with Crippen LogP contribution < -0.4 is 0 Å². The summed E-state index contributed by atoms with van der Waals surface area (Å²) in [6.45, 7) is 2.35. The van der Waals surface area contributed by atoms with Crippen molar-refractivity contribution in [2.24, 2.45) is 0 Å². The first-order valence-electron chi connectivity index (χ1n) is 5.02. The molecule has 1 fully saturated rings. The van der Waals surface area contributed by atoms with Crippen LogP contribution in [0, 0.1) is 6.92 Å². The minimum absolute atomic E-state index is 0.0741. The summed E-state index contributed by atoms with van der Waals surface area (Å²) < 4.78 is 4.88. The number of aromatic nitrogens is 1. The molecule has 0 atom stereocenters. The number of carbonyl (C=O) groups excluding carboxylic acids is 1. The molecule has 2 rings (SSSR count). The highest BCUT2D eigenvalue weighted by molar-refractivity contribution is 6.18. The van der Waals surface area contributed by atoms with E-state index in [0.29, 0.717) is 29.9 Å². The van der Waals surface area contributed by atoms with E-state index >= 15 is 0 Å². The molecule has 82 valence electrons. The predicted molar refractivity (Wildman–Crippen MR) is 56.0 cm³/mol. The molecule has 1 amide bonds. The molecule has 1 saturated carbocycles. The summed E-state index contributed by atoms with van der Waals surface area (Å²) in [4.78, 5) is 13.8. The van der Waals surface area contributed by atoms with Crippen LogP contribution in [0.15, 0.2) is 10.6 Å². The quantitative estimate of drug-likeness (QED) is 0.739. The zero-order valence-electron chi connectivity index (χ0n) is 8.57. The lowest BCUT2D eigenvalue weighted by Gasteiger charge is -2.19. The molecule has 1 aliphatic carbocycles. The molecule has 0 aliphatic heterocycles. The topological polar surface area (TPSA) is 46.3 Å². The SMILES string of the molecule is Cc1cc(C(=O)N(CCCl)C2CC2)no1. The van der Waals surface area contributed by atoms with Crippen molar-refractivity contribution >= 4 is 17.5 Å². The van der Waals surface area contributed by atoms with E-state index < -0.39 is 0 Å². The van der Waals surface area contributed by atoms with Gasteiger partial charge < -0.3 is 9.42 Å². The van der Waals surface area contributed by atoms with Crippen LogP contribution in [0.25, 0.3) is 0 Å². The van der Waals surface area contributed by atoms with E-state index in [9.17, 15) is 4.79 Å². The lowest BCUT2D eigenvalue weighted by Crippen LogP contribution is -2.34. The Morgan fingerprint density at radius 2 is 2.47 bits per heavy atom. The number of carbonyl (C=O) groups is 1. The maximum absolute atomic E-state index is 12.0. The van der Waals surface area contributed by atoms with Crippen LogP contribution in [0.1, 0.15) is 29.1 Å². The molecular formula is C10H13ClN2O2. The van der Waals surface area contributed by atoms with Gasteiger partial charge in [0.2, 0.25) is 0 Å². The fourth-order valence-corrected chi connectivity index (χ4v) is 1.72. The number of nitrogens with zero attached hydrogens (tertiary/aromatic N) is 2. The van der Waals surface area contributed by atoms with E-state index in [1.807, 2.05) is 0 Å². The normalized spacial score (nSPS) is 15.3. The van der Waals surface area contributed by atoms with Gasteiger partial charge in [0.25, 0.3) is 5.91 Å². The van der Waals surface area contributed by atoms with Crippen molar-refractivity contribution in [1.29, 1.82) is 0 Å². The first kappa shape index (κ1) is 10.5. The first-order valence-corrected chi connectivity index (χ1v) is 5.56. The van der Waals surface area contributed by atoms with Crippen LogP contribution in [0.3, 0.4) is 0 Å². The van der Waals surface area contributed by atoms with Crippen LogP contribution in [0.4, 0.5) is 0 Å². The van der Waals surface area contributed by atoms with Gasteiger partial charge in [-0.3, -0.25) is 4.79 Å². The number of amides is 1. The highest BCUT2D eigenvalue weighted by Crippen LogP contribution is 2.28. The van der Waals surface area contributed by atoms with E-state index in [1.54, 1.807) is 17.9 Å². The van der Waals surface area contributed by atoms with Gasteiger partial charge in [0.1, 0.15) is 5.76 Å². The van der Waals surface area contributed by atoms with Crippen LogP contribution in [-0.2, 0) is 0 Å². The second-order valence-electron chi connectivity index (χ2n) is 3.74. The third kappa shape index (κ3) is 2.31. The van der Waals surface area contributed by atoms with Crippen molar-refractivity contribution in [2.75, 3.05) is 12.4 Å². The van der Waals surface area contributed by atoms with Gasteiger partial charge in [-0.2, -0.15) is 0 Å². The number of halogens is 1. The average molecular weight is 229 g/mol. The molecule has 1 aliphatic rings. The van der Waals surface area contributed by atoms with E-state index in [2.05, 4.69) is 5.16 Å². The maximum Gasteiger partial charge on any atom is 0.276 e. The molecule has 0 N–H and O–H groups in total. The summed E-state index contributed by atoms with van der Waals surface area (Å²) in [5.74, 6) is 1.04. The fraction of sp³-hybridized carbons (Fsp3) is 0.600. The third-order valence-corrected chi connectivity index (χ3v) is 2.59. The number of hydrogen-bond donors (Lipinski definition) is 0. The summed E-state index contributed by atoms with van der Waals surface area (Å²) >= 11 is 5.67. The standard InChI is InChI=1S/C10H13ClN2O2/c1-7-6-9(12-15-7)10(14)13(5-4-11)8-2-3-8/h6,8H,2-5H2,1H3. The van der Waals surface area contributed by atoms with Gasteiger partial charge >= 0.3 is 0 Å². The number of rotatable bonds is 4. The molecule has 1 aromatic rings. The fourth-order valence-electron chi connectivity index (χ4n) is 1.54. The van der Waals surface area contributed by atoms with Crippen molar-refractivity contribution in [3.05, 3.63) is 17.5 Å². The Balaban J connectivity index is 2.10. The van der Waals surface area contributed by atoms with E-state index in [1.165, 1.54) is 0 Å². The Morgan fingerprint density at radius 1 is 1.73 bits per heavy atom. The minimum Gasteiger partial charge on any atom is -0.361 e. The summed E-state index contributed by atoms with van der Waals surface area (Å²) in [7, 11) is 0. The molecule has 0 aromatic carbocycles. The van der Waals surface area contributed by atoms with Gasteiger partial charge in [-0.05, 0) is 19.8 Å². The van der Waals surface area contributed by atoms with Crippen molar-refractivity contribution in [2.45, 2.75) is 25.8 Å². The van der Waals surface area contributed by atoms with E-state index in [-0.39, 0.29) is 5.91 Å². The Bertz CT molecular complexity index is 360.